The summed E-state index contributed by atoms with van der Waals surface area (Å²) in [4.78, 5) is 7.44. The van der Waals surface area contributed by atoms with Crippen LogP contribution in [0, 0.1) is 10.7 Å². The van der Waals surface area contributed by atoms with E-state index >= 15 is 0 Å². The maximum Gasteiger partial charge on any atom is 0.221 e. The largest absolute Gasteiger partial charge is 0.368 e. The van der Waals surface area contributed by atoms with Gasteiger partial charge in [-0.05, 0) is 6.07 Å². The lowest BCUT2D eigenvalue weighted by Crippen LogP contribution is -1.93. The summed E-state index contributed by atoms with van der Waals surface area (Å²) in [5.41, 5.74) is 5.24. The van der Waals surface area contributed by atoms with Crippen LogP contribution in [0.25, 0.3) is 0 Å². The van der Waals surface area contributed by atoms with Crippen molar-refractivity contribution >= 4 is 17.7 Å². The van der Waals surface area contributed by atoms with Gasteiger partial charge in [0.15, 0.2) is 0 Å². The van der Waals surface area contributed by atoms with Gasteiger partial charge >= 0.3 is 0 Å². The molecule has 0 spiro atoms. The summed E-state index contributed by atoms with van der Waals surface area (Å²) in [6, 6.07) is 1.63. The van der Waals surface area contributed by atoms with Crippen molar-refractivity contribution in [2.45, 2.75) is 5.03 Å². The van der Waals surface area contributed by atoms with E-state index in [9.17, 15) is 0 Å². The smallest absolute Gasteiger partial charge is 0.221 e. The van der Waals surface area contributed by atoms with E-state index in [1.54, 1.807) is 6.07 Å². The van der Waals surface area contributed by atoms with Crippen LogP contribution in [-0.4, -0.2) is 9.97 Å². The summed E-state index contributed by atoms with van der Waals surface area (Å²) in [7, 11) is 0. The maximum atomic E-state index is 8.22. The molecule has 0 bridgehead atoms. The summed E-state index contributed by atoms with van der Waals surface area (Å²) < 4.78 is 0. The van der Waals surface area contributed by atoms with Crippen molar-refractivity contribution in [2.24, 2.45) is 0 Å². The Labute approximate surface area is 62.1 Å². The fraction of sp³-hybridized carbons (Fsp3) is 0. The van der Waals surface area contributed by atoms with E-state index in [1.165, 1.54) is 6.20 Å². The van der Waals surface area contributed by atoms with Gasteiger partial charge in [0.1, 0.15) is 10.4 Å². The number of nitriles is 1. The summed E-state index contributed by atoms with van der Waals surface area (Å²) >= 11 is 0.964. The molecule has 0 aliphatic heterocycles. The first-order valence-corrected chi connectivity index (χ1v) is 3.29. The topological polar surface area (TPSA) is 75.6 Å². The van der Waals surface area contributed by atoms with Crippen LogP contribution in [0.15, 0.2) is 17.3 Å². The van der Waals surface area contributed by atoms with Crippen LogP contribution < -0.4 is 5.73 Å². The van der Waals surface area contributed by atoms with E-state index in [-0.39, 0.29) is 5.95 Å². The zero-order valence-corrected chi connectivity index (χ0v) is 5.80. The van der Waals surface area contributed by atoms with Gasteiger partial charge in [0.2, 0.25) is 5.95 Å². The molecule has 4 nitrogen and oxygen atoms in total. The predicted octanol–water partition coefficient (Wildman–Crippen LogP) is 0.632. The Morgan fingerprint density at radius 3 is 3.10 bits per heavy atom. The molecule has 0 atom stereocenters. The summed E-state index contributed by atoms with van der Waals surface area (Å²) in [5.74, 6) is 0.195. The highest BCUT2D eigenvalue weighted by Gasteiger charge is 1.93. The number of hydrogen-bond donors (Lipinski definition) is 1. The first kappa shape index (κ1) is 6.83. The Bertz CT molecular complexity index is 267. The standard InChI is InChI=1S/C5H4N4S/c6-3-10-4-1-2-8-5(7)9-4/h1-2H,(H2,7,8,9). The number of hydrogen-bond acceptors (Lipinski definition) is 5. The molecule has 0 aromatic carbocycles. The van der Waals surface area contributed by atoms with E-state index in [0.29, 0.717) is 5.03 Å². The molecule has 0 aliphatic carbocycles. The molecule has 2 N–H and O–H groups in total. The lowest BCUT2D eigenvalue weighted by Gasteiger charge is -1.91. The second-order valence-electron chi connectivity index (χ2n) is 1.45. The van der Waals surface area contributed by atoms with Gasteiger partial charge < -0.3 is 5.73 Å². The van der Waals surface area contributed by atoms with Gasteiger partial charge in [-0.2, -0.15) is 5.26 Å². The number of rotatable bonds is 1. The van der Waals surface area contributed by atoms with Crippen molar-refractivity contribution in [3.05, 3.63) is 12.3 Å². The zero-order chi connectivity index (χ0) is 7.40. The molecular weight excluding hydrogens is 148 g/mol. The molecule has 0 radical (unpaired) electrons. The lowest BCUT2D eigenvalue weighted by molar-refractivity contribution is 1.07. The molecule has 0 saturated heterocycles. The summed E-state index contributed by atoms with van der Waals surface area (Å²) in [6.45, 7) is 0. The SMILES string of the molecule is N#CSc1ccnc(N)n1. The quantitative estimate of drug-likeness (QED) is 0.363. The molecular formula is C5H4N4S. The van der Waals surface area contributed by atoms with Gasteiger partial charge in [-0.1, -0.05) is 0 Å². The lowest BCUT2D eigenvalue weighted by atomic mass is 10.7. The van der Waals surface area contributed by atoms with Crippen LogP contribution in [0.5, 0.6) is 0 Å². The van der Waals surface area contributed by atoms with Crippen molar-refractivity contribution in [1.82, 2.24) is 9.97 Å². The minimum Gasteiger partial charge on any atom is -0.368 e. The molecule has 0 amide bonds. The average Bonchev–Trinajstić information content (AvgIpc) is 1.88. The fourth-order valence-corrected chi connectivity index (χ4v) is 0.822. The monoisotopic (exact) mass is 152 g/mol. The van der Waals surface area contributed by atoms with Crippen molar-refractivity contribution < 1.29 is 0 Å². The van der Waals surface area contributed by atoms with Crippen molar-refractivity contribution in [1.29, 1.82) is 5.26 Å². The predicted molar refractivity (Wildman–Crippen MR) is 37.9 cm³/mol. The molecule has 1 heterocycles. The summed E-state index contributed by atoms with van der Waals surface area (Å²) in [6.07, 6.45) is 1.52. The Hall–Kier alpha value is -1.28. The number of nitrogens with zero attached hydrogens (tertiary/aromatic N) is 3. The number of nitrogen functional groups attached to an aromatic ring is 1. The zero-order valence-electron chi connectivity index (χ0n) is 4.98. The van der Waals surface area contributed by atoms with E-state index in [2.05, 4.69) is 9.97 Å². The molecule has 1 rings (SSSR count). The van der Waals surface area contributed by atoms with Crippen LogP contribution in [0.1, 0.15) is 0 Å². The molecule has 0 saturated carbocycles. The molecule has 10 heavy (non-hydrogen) atoms. The van der Waals surface area contributed by atoms with Crippen molar-refractivity contribution in [3.8, 4) is 5.40 Å². The number of thioether (sulfide) groups is 1. The highest BCUT2D eigenvalue weighted by Crippen LogP contribution is 2.11. The third kappa shape index (κ3) is 1.60. The van der Waals surface area contributed by atoms with E-state index in [4.69, 9.17) is 11.0 Å². The van der Waals surface area contributed by atoms with Gasteiger partial charge in [-0.3, -0.25) is 0 Å². The van der Waals surface area contributed by atoms with Crippen LogP contribution in [-0.2, 0) is 0 Å². The maximum absolute atomic E-state index is 8.22. The van der Waals surface area contributed by atoms with Crippen LogP contribution in [0.3, 0.4) is 0 Å². The van der Waals surface area contributed by atoms with Crippen molar-refractivity contribution in [2.75, 3.05) is 5.73 Å². The summed E-state index contributed by atoms with van der Waals surface area (Å²) in [5, 5.41) is 10.7. The number of anilines is 1. The Morgan fingerprint density at radius 2 is 2.50 bits per heavy atom. The number of thiocyanates is 1. The Morgan fingerprint density at radius 1 is 1.70 bits per heavy atom. The van der Waals surface area contributed by atoms with Crippen molar-refractivity contribution in [3.63, 3.8) is 0 Å². The Kier molecular flexibility index (Phi) is 2.07. The van der Waals surface area contributed by atoms with Crippen LogP contribution >= 0.6 is 11.8 Å². The van der Waals surface area contributed by atoms with Gasteiger partial charge in [0, 0.05) is 18.0 Å². The molecule has 0 fully saturated rings. The third-order valence-corrected chi connectivity index (χ3v) is 1.33. The van der Waals surface area contributed by atoms with Gasteiger partial charge in [0.05, 0.1) is 0 Å². The van der Waals surface area contributed by atoms with Crippen LogP contribution in [0.4, 0.5) is 5.95 Å². The molecule has 50 valence electrons. The Balaban J connectivity index is 2.87. The van der Waals surface area contributed by atoms with E-state index < -0.39 is 0 Å². The van der Waals surface area contributed by atoms with Gasteiger partial charge in [-0.25, -0.2) is 9.97 Å². The molecule has 1 aromatic rings. The van der Waals surface area contributed by atoms with Gasteiger partial charge in [0.25, 0.3) is 0 Å². The minimum absolute atomic E-state index is 0.195. The molecule has 1 aromatic heterocycles. The van der Waals surface area contributed by atoms with E-state index in [1.807, 2.05) is 5.40 Å². The van der Waals surface area contributed by atoms with E-state index in [0.717, 1.165) is 11.8 Å². The number of nitrogens with two attached hydrogens (primary N) is 1. The minimum atomic E-state index is 0.195. The highest BCUT2D eigenvalue weighted by atomic mass is 32.2. The molecule has 0 aliphatic rings. The normalized spacial score (nSPS) is 8.70. The second kappa shape index (κ2) is 3.03. The van der Waals surface area contributed by atoms with Gasteiger partial charge in [-0.15, -0.1) is 0 Å². The molecule has 0 unspecified atom stereocenters. The first-order valence-electron chi connectivity index (χ1n) is 2.47. The second-order valence-corrected chi connectivity index (χ2v) is 2.25. The fourth-order valence-electron chi connectivity index (χ4n) is 0.460. The van der Waals surface area contributed by atoms with Crippen LogP contribution in [0.2, 0.25) is 0 Å². The third-order valence-electron chi connectivity index (χ3n) is 0.799. The molecule has 5 heteroatoms. The first-order chi connectivity index (χ1) is 4.83. The average molecular weight is 152 g/mol. The highest BCUT2D eigenvalue weighted by molar-refractivity contribution is 8.03. The number of aromatic nitrogens is 2.